The van der Waals surface area contributed by atoms with Gasteiger partial charge in [-0.3, -0.25) is 4.79 Å². The van der Waals surface area contributed by atoms with Crippen molar-refractivity contribution in [2.45, 2.75) is 76.9 Å². The number of carbonyl (C=O) groups excluding carboxylic acids is 1. The summed E-state index contributed by atoms with van der Waals surface area (Å²) in [5.41, 5.74) is 1.35. The second-order valence-electron chi connectivity index (χ2n) is 10.8. The molecule has 2 aliphatic rings. The molecule has 2 aromatic carbocycles. The molecule has 2 aromatic rings. The monoisotopic (exact) mass is 540 g/mol. The van der Waals surface area contributed by atoms with Gasteiger partial charge in [-0.2, -0.15) is 5.26 Å². The molecule has 2 saturated heterocycles. The van der Waals surface area contributed by atoms with Gasteiger partial charge >= 0.3 is 0 Å². The van der Waals surface area contributed by atoms with Crippen LogP contribution in [0.4, 0.5) is 0 Å². The highest BCUT2D eigenvalue weighted by atomic mass is 35.5. The zero-order chi connectivity index (χ0) is 26.8. The summed E-state index contributed by atoms with van der Waals surface area (Å²) in [5, 5.41) is 10.6. The fourth-order valence-corrected chi connectivity index (χ4v) is 6.20. The second kappa shape index (κ2) is 11.2. The van der Waals surface area contributed by atoms with Crippen molar-refractivity contribution in [3.8, 4) is 6.07 Å². The second-order valence-corrected chi connectivity index (χ2v) is 11.6. The lowest BCUT2D eigenvalue weighted by molar-refractivity contribution is -0.161. The van der Waals surface area contributed by atoms with Crippen LogP contribution < -0.4 is 0 Å². The number of halogens is 2. The minimum absolute atomic E-state index is 0.0394. The molecule has 0 spiro atoms. The molecule has 0 N–H and O–H groups in total. The summed E-state index contributed by atoms with van der Waals surface area (Å²) in [6.07, 6.45) is 4.94. The zero-order valence-electron chi connectivity index (χ0n) is 21.8. The number of hydrogen-bond acceptors (Lipinski definition) is 4. The van der Waals surface area contributed by atoms with Gasteiger partial charge in [-0.1, -0.05) is 67.4 Å². The Labute approximate surface area is 230 Å². The fraction of sp³-hybridized carbons (Fsp3) is 0.467. The molecule has 0 bridgehead atoms. The number of ether oxygens (including phenoxy) is 2. The van der Waals surface area contributed by atoms with E-state index in [0.29, 0.717) is 35.9 Å². The number of nitrogens with zero attached hydrogens (tertiary/aromatic N) is 2. The van der Waals surface area contributed by atoms with Crippen LogP contribution in [0, 0.1) is 16.7 Å². The molecule has 1 amide bonds. The summed E-state index contributed by atoms with van der Waals surface area (Å²) in [5.74, 6) is -0.658. The van der Waals surface area contributed by atoms with Crippen LogP contribution in [0.15, 0.2) is 60.7 Å². The maximum atomic E-state index is 14.5. The first-order chi connectivity index (χ1) is 17.6. The number of nitriles is 1. The van der Waals surface area contributed by atoms with E-state index in [9.17, 15) is 10.1 Å². The van der Waals surface area contributed by atoms with Crippen LogP contribution in [-0.4, -0.2) is 35.3 Å². The van der Waals surface area contributed by atoms with Gasteiger partial charge in [0, 0.05) is 27.5 Å². The molecule has 2 aliphatic heterocycles. The Morgan fingerprint density at radius 3 is 2.46 bits per heavy atom. The number of amides is 1. The van der Waals surface area contributed by atoms with Crippen molar-refractivity contribution < 1.29 is 14.3 Å². The normalized spacial score (nSPS) is 28.4. The maximum Gasteiger partial charge on any atom is 0.229 e. The largest absolute Gasteiger partial charge is 0.348 e. The Bertz CT molecular complexity index is 1190. The number of allylic oxidation sites excluding steroid dienone is 1. The average Bonchev–Trinajstić information content (AvgIpc) is 3.20. The van der Waals surface area contributed by atoms with E-state index in [-0.39, 0.29) is 30.0 Å². The van der Waals surface area contributed by atoms with Gasteiger partial charge in [0.15, 0.2) is 5.79 Å². The fourth-order valence-electron chi connectivity index (χ4n) is 5.88. The number of benzene rings is 2. The van der Waals surface area contributed by atoms with Gasteiger partial charge in [0.1, 0.15) is 0 Å². The molecular formula is C30H34Cl2N2O3. The van der Waals surface area contributed by atoms with E-state index >= 15 is 0 Å². The molecule has 0 saturated carbocycles. The molecular weight excluding hydrogens is 507 g/mol. The van der Waals surface area contributed by atoms with Gasteiger partial charge in [-0.15, -0.1) is 0 Å². The number of rotatable bonds is 7. The van der Waals surface area contributed by atoms with Gasteiger partial charge in [-0.05, 0) is 68.5 Å². The van der Waals surface area contributed by atoms with Crippen LogP contribution in [0.3, 0.4) is 0 Å². The smallest absolute Gasteiger partial charge is 0.229 e. The molecule has 4 rings (SSSR count). The Hall–Kier alpha value is -2.36. The van der Waals surface area contributed by atoms with Crippen LogP contribution in [-0.2, 0) is 14.3 Å². The third kappa shape index (κ3) is 6.04. The van der Waals surface area contributed by atoms with Crippen molar-refractivity contribution in [3.63, 3.8) is 0 Å². The van der Waals surface area contributed by atoms with Gasteiger partial charge in [-0.25, -0.2) is 0 Å². The lowest BCUT2D eigenvalue weighted by atomic mass is 9.66. The summed E-state index contributed by atoms with van der Waals surface area (Å²) in [6, 6.07) is 17.2. The number of carbonyl (C=O) groups is 1. The molecule has 2 heterocycles. The summed E-state index contributed by atoms with van der Waals surface area (Å²) in [6.45, 7) is 8.32. The van der Waals surface area contributed by atoms with E-state index in [1.165, 1.54) is 6.08 Å². The van der Waals surface area contributed by atoms with Crippen molar-refractivity contribution in [1.82, 2.24) is 4.90 Å². The quantitative estimate of drug-likeness (QED) is 0.342. The highest BCUT2D eigenvalue weighted by Crippen LogP contribution is 2.53. The Morgan fingerprint density at radius 2 is 1.86 bits per heavy atom. The minimum atomic E-state index is -0.710. The van der Waals surface area contributed by atoms with Crippen molar-refractivity contribution in [2.24, 2.45) is 5.41 Å². The van der Waals surface area contributed by atoms with E-state index in [1.807, 2.05) is 81.1 Å². The third-order valence-corrected chi connectivity index (χ3v) is 7.99. The molecule has 0 aliphatic carbocycles. The van der Waals surface area contributed by atoms with E-state index in [1.54, 1.807) is 0 Å². The highest BCUT2D eigenvalue weighted by Gasteiger charge is 2.52. The van der Waals surface area contributed by atoms with Gasteiger partial charge < -0.3 is 14.4 Å². The predicted octanol–water partition coefficient (Wildman–Crippen LogP) is 7.46. The Morgan fingerprint density at radius 1 is 1.14 bits per heavy atom. The summed E-state index contributed by atoms with van der Waals surface area (Å²) < 4.78 is 12.0. The topological polar surface area (TPSA) is 62.6 Å². The van der Waals surface area contributed by atoms with E-state index in [0.717, 1.165) is 11.1 Å². The van der Waals surface area contributed by atoms with Gasteiger partial charge in [0.2, 0.25) is 5.91 Å². The molecule has 2 fully saturated rings. The van der Waals surface area contributed by atoms with Crippen LogP contribution in [0.25, 0.3) is 0 Å². The van der Waals surface area contributed by atoms with E-state index < -0.39 is 11.2 Å². The highest BCUT2D eigenvalue weighted by molar-refractivity contribution is 6.30. The summed E-state index contributed by atoms with van der Waals surface area (Å²) >= 11 is 12.7. The minimum Gasteiger partial charge on any atom is -0.348 e. The van der Waals surface area contributed by atoms with Crippen molar-refractivity contribution in [2.75, 3.05) is 6.61 Å². The van der Waals surface area contributed by atoms with E-state index in [4.69, 9.17) is 32.7 Å². The SMILES string of the molecule is CC[C@@H](/C=C/C#N)N1C(=O)[C@@](C)(CC2COC(C)(C)O2)C[C@H](c2cccc(Cl)c2)[C@H]1c1ccc(Cl)cc1. The van der Waals surface area contributed by atoms with Crippen LogP contribution in [0.1, 0.15) is 70.0 Å². The molecule has 5 atom stereocenters. The van der Waals surface area contributed by atoms with Crippen LogP contribution in [0.5, 0.6) is 0 Å². The predicted molar refractivity (Wildman–Crippen MR) is 146 cm³/mol. The van der Waals surface area contributed by atoms with Crippen molar-refractivity contribution >= 4 is 29.1 Å². The lowest BCUT2D eigenvalue weighted by Gasteiger charge is -2.52. The molecule has 37 heavy (non-hydrogen) atoms. The molecule has 196 valence electrons. The van der Waals surface area contributed by atoms with Crippen LogP contribution >= 0.6 is 23.2 Å². The third-order valence-electron chi connectivity index (χ3n) is 7.50. The first-order valence-corrected chi connectivity index (χ1v) is 13.5. The molecule has 5 nitrogen and oxygen atoms in total. The lowest BCUT2D eigenvalue weighted by Crippen LogP contribution is -2.56. The van der Waals surface area contributed by atoms with Crippen molar-refractivity contribution in [1.29, 1.82) is 5.26 Å². The average molecular weight is 542 g/mol. The van der Waals surface area contributed by atoms with Crippen LogP contribution in [0.2, 0.25) is 10.0 Å². The summed E-state index contributed by atoms with van der Waals surface area (Å²) in [4.78, 5) is 16.5. The van der Waals surface area contributed by atoms with Gasteiger partial charge in [0.05, 0.1) is 30.9 Å². The Kier molecular flexibility index (Phi) is 8.35. The zero-order valence-corrected chi connectivity index (χ0v) is 23.3. The van der Waals surface area contributed by atoms with Crippen molar-refractivity contribution in [3.05, 3.63) is 81.9 Å². The number of hydrogen-bond donors (Lipinski definition) is 0. The maximum absolute atomic E-state index is 14.5. The molecule has 7 heteroatoms. The first kappa shape index (κ1) is 27.7. The first-order valence-electron chi connectivity index (χ1n) is 12.8. The summed E-state index contributed by atoms with van der Waals surface area (Å²) in [7, 11) is 0. The standard InChI is InChI=1S/C30H34Cl2N2O3/c1-5-24(10-7-15-33)34-27(20-11-13-22(31)14-12-20)26(21-8-6-9-23(32)16-21)18-30(4,28(34)35)17-25-19-36-29(2,3)37-25/h6-14,16,24-27H,5,17-19H2,1-4H3/b10-7+/t24-,25?,26+,27+,30-/m0/s1. The van der Waals surface area contributed by atoms with E-state index in [2.05, 4.69) is 12.1 Å². The molecule has 0 radical (unpaired) electrons. The van der Waals surface area contributed by atoms with Gasteiger partial charge in [0.25, 0.3) is 0 Å². The number of piperidine rings is 1. The molecule has 0 aromatic heterocycles. The molecule has 1 unspecified atom stereocenters. The number of likely N-dealkylation sites (tertiary alicyclic amines) is 1. The Balaban J connectivity index is 1.85.